The Morgan fingerprint density at radius 3 is 3.09 bits per heavy atom. The van der Waals surface area contributed by atoms with Crippen LogP contribution in [0.5, 0.6) is 0 Å². The van der Waals surface area contributed by atoms with Crippen molar-refractivity contribution in [3.8, 4) is 0 Å². The second-order valence-corrected chi connectivity index (χ2v) is 3.66. The molecule has 11 heavy (non-hydrogen) atoms. The van der Waals surface area contributed by atoms with E-state index in [9.17, 15) is 0 Å². The SMILES string of the molecule is CCCC(N)Cc1nccs1. The summed E-state index contributed by atoms with van der Waals surface area (Å²) in [4.78, 5) is 4.18. The molecule has 2 nitrogen and oxygen atoms in total. The van der Waals surface area contributed by atoms with Gasteiger partial charge >= 0.3 is 0 Å². The van der Waals surface area contributed by atoms with Crippen molar-refractivity contribution >= 4 is 11.3 Å². The minimum absolute atomic E-state index is 0.297. The molecule has 62 valence electrons. The van der Waals surface area contributed by atoms with E-state index in [-0.39, 0.29) is 0 Å². The molecule has 0 spiro atoms. The number of rotatable bonds is 4. The molecule has 2 N–H and O–H groups in total. The van der Waals surface area contributed by atoms with Crippen molar-refractivity contribution in [3.63, 3.8) is 0 Å². The van der Waals surface area contributed by atoms with E-state index in [2.05, 4.69) is 11.9 Å². The number of nitrogens with zero attached hydrogens (tertiary/aromatic N) is 1. The number of nitrogens with two attached hydrogens (primary N) is 1. The van der Waals surface area contributed by atoms with Crippen molar-refractivity contribution in [1.29, 1.82) is 0 Å². The summed E-state index contributed by atoms with van der Waals surface area (Å²) >= 11 is 1.69. The highest BCUT2D eigenvalue weighted by molar-refractivity contribution is 7.09. The lowest BCUT2D eigenvalue weighted by Crippen LogP contribution is -2.22. The maximum atomic E-state index is 5.84. The smallest absolute Gasteiger partial charge is 0.0940 e. The number of thiazole rings is 1. The molecule has 1 atom stereocenters. The quantitative estimate of drug-likeness (QED) is 0.748. The van der Waals surface area contributed by atoms with Gasteiger partial charge in [0.15, 0.2) is 0 Å². The molecule has 0 radical (unpaired) electrons. The lowest BCUT2D eigenvalue weighted by molar-refractivity contribution is 0.599. The van der Waals surface area contributed by atoms with Crippen LogP contribution < -0.4 is 5.73 Å². The first-order chi connectivity index (χ1) is 5.33. The summed E-state index contributed by atoms with van der Waals surface area (Å²) in [5.74, 6) is 0. The highest BCUT2D eigenvalue weighted by Crippen LogP contribution is 2.08. The molecule has 1 aromatic heterocycles. The highest BCUT2D eigenvalue weighted by Gasteiger charge is 2.03. The highest BCUT2D eigenvalue weighted by atomic mass is 32.1. The van der Waals surface area contributed by atoms with Gasteiger partial charge in [0, 0.05) is 24.0 Å². The van der Waals surface area contributed by atoms with Crippen LogP contribution in [-0.2, 0) is 6.42 Å². The Morgan fingerprint density at radius 1 is 1.73 bits per heavy atom. The van der Waals surface area contributed by atoms with Crippen LogP contribution in [0.15, 0.2) is 11.6 Å². The summed E-state index contributed by atoms with van der Waals surface area (Å²) in [7, 11) is 0. The van der Waals surface area contributed by atoms with E-state index in [1.807, 2.05) is 11.6 Å². The zero-order valence-electron chi connectivity index (χ0n) is 6.79. The van der Waals surface area contributed by atoms with Gasteiger partial charge in [0.1, 0.15) is 0 Å². The van der Waals surface area contributed by atoms with Gasteiger partial charge in [-0.25, -0.2) is 4.98 Å². The molecular formula is C8H14N2S. The third-order valence-corrected chi connectivity index (χ3v) is 2.38. The third kappa shape index (κ3) is 2.99. The Bertz CT molecular complexity index is 184. The average molecular weight is 170 g/mol. The zero-order valence-corrected chi connectivity index (χ0v) is 7.60. The Hall–Kier alpha value is -0.410. The Labute approximate surface area is 71.5 Å². The first kappa shape index (κ1) is 8.68. The van der Waals surface area contributed by atoms with Crippen molar-refractivity contribution in [3.05, 3.63) is 16.6 Å². The van der Waals surface area contributed by atoms with Gasteiger partial charge in [-0.2, -0.15) is 0 Å². The average Bonchev–Trinajstić information content (AvgIpc) is 2.40. The monoisotopic (exact) mass is 170 g/mol. The third-order valence-electron chi connectivity index (χ3n) is 1.58. The van der Waals surface area contributed by atoms with Gasteiger partial charge in [-0.05, 0) is 6.42 Å². The van der Waals surface area contributed by atoms with Crippen molar-refractivity contribution in [2.24, 2.45) is 5.73 Å². The van der Waals surface area contributed by atoms with Gasteiger partial charge in [-0.3, -0.25) is 0 Å². The number of hydrogen-bond donors (Lipinski definition) is 1. The molecule has 0 aliphatic heterocycles. The van der Waals surface area contributed by atoms with Crippen LogP contribution in [-0.4, -0.2) is 11.0 Å². The standard InChI is InChI=1S/C8H14N2S/c1-2-3-7(9)6-8-10-4-5-11-8/h4-5,7H,2-3,6,9H2,1H3. The lowest BCUT2D eigenvalue weighted by atomic mass is 10.1. The molecule has 0 saturated carbocycles. The van der Waals surface area contributed by atoms with E-state index in [0.29, 0.717) is 6.04 Å². The minimum atomic E-state index is 0.297. The van der Waals surface area contributed by atoms with Crippen molar-refractivity contribution < 1.29 is 0 Å². The minimum Gasteiger partial charge on any atom is -0.327 e. The summed E-state index contributed by atoms with van der Waals surface area (Å²) in [6.45, 7) is 2.15. The van der Waals surface area contributed by atoms with Gasteiger partial charge in [-0.1, -0.05) is 13.3 Å². The molecule has 1 aromatic rings. The van der Waals surface area contributed by atoms with Gasteiger partial charge in [0.2, 0.25) is 0 Å². The van der Waals surface area contributed by atoms with Crippen LogP contribution in [0.2, 0.25) is 0 Å². The van der Waals surface area contributed by atoms with E-state index in [1.165, 1.54) is 0 Å². The molecule has 0 bridgehead atoms. The topological polar surface area (TPSA) is 38.9 Å². The molecule has 0 fully saturated rings. The predicted octanol–water partition coefficient (Wildman–Crippen LogP) is 1.81. The van der Waals surface area contributed by atoms with E-state index in [4.69, 9.17) is 5.73 Å². The van der Waals surface area contributed by atoms with E-state index < -0.39 is 0 Å². The van der Waals surface area contributed by atoms with Crippen LogP contribution in [0.25, 0.3) is 0 Å². The van der Waals surface area contributed by atoms with Crippen LogP contribution in [0, 0.1) is 0 Å². The molecule has 0 amide bonds. The maximum absolute atomic E-state index is 5.84. The second kappa shape index (κ2) is 4.46. The maximum Gasteiger partial charge on any atom is 0.0940 e. The van der Waals surface area contributed by atoms with Crippen LogP contribution in [0.3, 0.4) is 0 Å². The molecular weight excluding hydrogens is 156 g/mol. The summed E-state index contributed by atoms with van der Waals surface area (Å²) < 4.78 is 0. The van der Waals surface area contributed by atoms with Crippen LogP contribution in [0.4, 0.5) is 0 Å². The summed E-state index contributed by atoms with van der Waals surface area (Å²) in [5, 5.41) is 3.15. The van der Waals surface area contributed by atoms with E-state index >= 15 is 0 Å². The van der Waals surface area contributed by atoms with Crippen LogP contribution >= 0.6 is 11.3 Å². The Balaban J connectivity index is 2.31. The fraction of sp³-hybridized carbons (Fsp3) is 0.625. The molecule has 0 aromatic carbocycles. The molecule has 1 rings (SSSR count). The van der Waals surface area contributed by atoms with Gasteiger partial charge < -0.3 is 5.73 Å². The summed E-state index contributed by atoms with van der Waals surface area (Å²) in [5.41, 5.74) is 5.84. The molecule has 3 heteroatoms. The molecule has 0 saturated heterocycles. The van der Waals surface area contributed by atoms with Crippen molar-refractivity contribution in [2.45, 2.75) is 32.2 Å². The van der Waals surface area contributed by atoms with Crippen molar-refractivity contribution in [2.75, 3.05) is 0 Å². The molecule has 1 heterocycles. The molecule has 0 aliphatic carbocycles. The Kier molecular flexibility index (Phi) is 3.52. The van der Waals surface area contributed by atoms with Crippen molar-refractivity contribution in [1.82, 2.24) is 4.98 Å². The predicted molar refractivity (Wildman–Crippen MR) is 48.7 cm³/mol. The Morgan fingerprint density at radius 2 is 2.55 bits per heavy atom. The van der Waals surface area contributed by atoms with Crippen LogP contribution in [0.1, 0.15) is 24.8 Å². The summed E-state index contributed by atoms with van der Waals surface area (Å²) in [6.07, 6.45) is 5.02. The number of hydrogen-bond acceptors (Lipinski definition) is 3. The fourth-order valence-corrected chi connectivity index (χ4v) is 1.76. The van der Waals surface area contributed by atoms with Gasteiger partial charge in [0.05, 0.1) is 5.01 Å². The lowest BCUT2D eigenvalue weighted by Gasteiger charge is -2.06. The summed E-state index contributed by atoms with van der Waals surface area (Å²) in [6, 6.07) is 0.297. The van der Waals surface area contributed by atoms with E-state index in [0.717, 1.165) is 24.3 Å². The first-order valence-corrected chi connectivity index (χ1v) is 4.85. The fourth-order valence-electron chi connectivity index (χ4n) is 1.05. The zero-order chi connectivity index (χ0) is 8.10. The normalized spacial score (nSPS) is 13.3. The van der Waals surface area contributed by atoms with Gasteiger partial charge in [0.25, 0.3) is 0 Å². The largest absolute Gasteiger partial charge is 0.327 e. The first-order valence-electron chi connectivity index (χ1n) is 3.97. The van der Waals surface area contributed by atoms with Gasteiger partial charge in [-0.15, -0.1) is 11.3 Å². The van der Waals surface area contributed by atoms with E-state index in [1.54, 1.807) is 11.3 Å². The molecule has 1 unspecified atom stereocenters. The number of aromatic nitrogens is 1. The molecule has 0 aliphatic rings. The second-order valence-electron chi connectivity index (χ2n) is 2.68.